The monoisotopic (exact) mass is 722 g/mol. The van der Waals surface area contributed by atoms with E-state index in [1.54, 1.807) is 70.6 Å². The molecule has 0 rings (SSSR count). The molecule has 0 saturated heterocycles. The lowest BCUT2D eigenvalue weighted by molar-refractivity contribution is -0.285. The van der Waals surface area contributed by atoms with Gasteiger partial charge in [-0.25, -0.2) is 19.6 Å². The molecule has 0 radical (unpaired) electrons. The molecule has 0 aromatic heterocycles. The van der Waals surface area contributed by atoms with Crippen molar-refractivity contribution >= 4 is 106 Å². The van der Waals surface area contributed by atoms with Gasteiger partial charge in [-0.15, -0.1) is 70.6 Å². The Balaban J connectivity index is 3.19. The number of aliphatic hydroxyl groups excluding tert-OH is 2. The van der Waals surface area contributed by atoms with Gasteiger partial charge in [0.1, 0.15) is 18.5 Å². The molecule has 40 heavy (non-hydrogen) atoms. The minimum absolute atomic E-state index is 0.0432. The Bertz CT molecular complexity index is 558. The van der Waals surface area contributed by atoms with Gasteiger partial charge >= 0.3 is 11.9 Å². The van der Waals surface area contributed by atoms with Gasteiger partial charge in [0.15, 0.2) is 0 Å². The lowest BCUT2D eigenvalue weighted by Gasteiger charge is -2.06. The molecule has 238 valence electrons. The van der Waals surface area contributed by atoms with Crippen LogP contribution in [0.4, 0.5) is 0 Å². The number of thioether (sulfide) groups is 8. The van der Waals surface area contributed by atoms with Gasteiger partial charge in [0, 0.05) is 57.5 Å². The molecule has 0 aromatic rings. The Morgan fingerprint density at radius 3 is 1.43 bits per heavy atom. The summed E-state index contributed by atoms with van der Waals surface area (Å²) in [4.78, 5) is 43.5. The standard InChI is InChI=1S/C22H42O10S8/c23-17-37-5-1-27-21(25)15-35-11-9-34-7-3-31-32-20-40-14-13-39-19-28-22(26)16-36-12-10-33-6-2-29-30-4-8-38-18-24/h23-24H,1-20H2. The van der Waals surface area contributed by atoms with E-state index in [-0.39, 0.29) is 23.8 Å². The predicted octanol–water partition coefficient (Wildman–Crippen LogP) is 3.65. The zero-order valence-corrected chi connectivity index (χ0v) is 29.1. The first-order valence-electron chi connectivity index (χ1n) is 12.3. The largest absolute Gasteiger partial charge is 0.464 e. The van der Waals surface area contributed by atoms with Gasteiger partial charge in [-0.05, 0) is 0 Å². The van der Waals surface area contributed by atoms with Crippen molar-refractivity contribution in [3.63, 3.8) is 0 Å². The highest BCUT2D eigenvalue weighted by molar-refractivity contribution is 8.04. The molecule has 0 saturated carbocycles. The van der Waals surface area contributed by atoms with Crippen molar-refractivity contribution in [1.29, 1.82) is 0 Å². The summed E-state index contributed by atoms with van der Waals surface area (Å²) in [5.74, 6) is 9.59. The average Bonchev–Trinajstić information content (AvgIpc) is 2.95. The van der Waals surface area contributed by atoms with Gasteiger partial charge in [0.25, 0.3) is 0 Å². The lowest BCUT2D eigenvalue weighted by Crippen LogP contribution is -2.10. The molecule has 0 fully saturated rings. The Morgan fingerprint density at radius 2 is 0.850 bits per heavy atom. The fraction of sp³-hybridized carbons (Fsp3) is 0.909. The maximum absolute atomic E-state index is 11.8. The van der Waals surface area contributed by atoms with Crippen LogP contribution in [-0.4, -0.2) is 141 Å². The van der Waals surface area contributed by atoms with Gasteiger partial charge < -0.3 is 19.7 Å². The van der Waals surface area contributed by atoms with Crippen molar-refractivity contribution in [2.24, 2.45) is 0 Å². The Morgan fingerprint density at radius 1 is 0.425 bits per heavy atom. The van der Waals surface area contributed by atoms with Crippen LogP contribution in [0.25, 0.3) is 0 Å². The maximum Gasteiger partial charge on any atom is 0.316 e. The third-order valence-corrected chi connectivity index (χ3v) is 11.1. The van der Waals surface area contributed by atoms with Crippen LogP contribution in [0, 0.1) is 0 Å². The molecular formula is C22H42O10S8. The normalized spacial score (nSPS) is 11.2. The first-order valence-corrected chi connectivity index (χ1v) is 21.6. The fourth-order valence-corrected chi connectivity index (χ4v) is 7.67. The topological polar surface area (TPSA) is 130 Å². The van der Waals surface area contributed by atoms with Gasteiger partial charge in [-0.3, -0.25) is 9.59 Å². The predicted molar refractivity (Wildman–Crippen MR) is 179 cm³/mol. The van der Waals surface area contributed by atoms with Crippen LogP contribution in [0.5, 0.6) is 0 Å². The number of rotatable bonds is 33. The van der Waals surface area contributed by atoms with Crippen LogP contribution in [0.2, 0.25) is 0 Å². The molecule has 0 bridgehead atoms. The molecule has 0 aliphatic heterocycles. The molecule has 2 N–H and O–H groups in total. The molecule has 0 aliphatic carbocycles. The number of carbonyl (C=O) groups excluding carboxylic acids is 2. The van der Waals surface area contributed by atoms with Crippen LogP contribution < -0.4 is 0 Å². The van der Waals surface area contributed by atoms with E-state index >= 15 is 0 Å². The summed E-state index contributed by atoms with van der Waals surface area (Å²) in [5.41, 5.74) is 0. The van der Waals surface area contributed by atoms with Gasteiger partial charge in [0.2, 0.25) is 0 Å². The summed E-state index contributed by atoms with van der Waals surface area (Å²) in [6.45, 7) is 1.84. The summed E-state index contributed by atoms with van der Waals surface area (Å²) < 4.78 is 10.3. The molecule has 0 spiro atoms. The van der Waals surface area contributed by atoms with Crippen molar-refractivity contribution < 1.29 is 48.8 Å². The molecule has 0 unspecified atom stereocenters. The minimum atomic E-state index is -0.213. The van der Waals surface area contributed by atoms with E-state index in [1.165, 1.54) is 23.5 Å². The molecular weight excluding hydrogens is 681 g/mol. The molecule has 0 atom stereocenters. The highest BCUT2D eigenvalue weighted by atomic mass is 32.2. The second-order valence-corrected chi connectivity index (χ2v) is 15.7. The van der Waals surface area contributed by atoms with E-state index in [2.05, 4.69) is 0 Å². The summed E-state index contributed by atoms with van der Waals surface area (Å²) >= 11 is 12.5. The SMILES string of the molecule is O=C(CSCCSCCOOCSCCSCOC(=O)CSCCSCCOOCCSCO)OCCSCO. The van der Waals surface area contributed by atoms with Gasteiger partial charge in [-0.2, -0.15) is 23.5 Å². The van der Waals surface area contributed by atoms with Crippen LogP contribution in [0.15, 0.2) is 0 Å². The lowest BCUT2D eigenvalue weighted by atomic mass is 10.8. The van der Waals surface area contributed by atoms with E-state index in [0.29, 0.717) is 61.3 Å². The van der Waals surface area contributed by atoms with Crippen molar-refractivity contribution in [3.8, 4) is 0 Å². The van der Waals surface area contributed by atoms with Crippen LogP contribution in [0.1, 0.15) is 0 Å². The molecule has 0 heterocycles. The Hall–Kier alpha value is 1.50. The number of ether oxygens (including phenoxy) is 2. The van der Waals surface area contributed by atoms with E-state index in [9.17, 15) is 9.59 Å². The second-order valence-electron chi connectivity index (χ2n) is 6.78. The summed E-state index contributed by atoms with van der Waals surface area (Å²) in [7, 11) is 0. The summed E-state index contributed by atoms with van der Waals surface area (Å²) in [6.07, 6.45) is 0. The molecule has 10 nitrogen and oxygen atoms in total. The van der Waals surface area contributed by atoms with Crippen molar-refractivity contribution in [2.75, 3.05) is 119 Å². The average molecular weight is 723 g/mol. The summed E-state index contributed by atoms with van der Waals surface area (Å²) in [6, 6.07) is 0. The molecule has 0 aromatic carbocycles. The first-order chi connectivity index (χ1) is 19.7. The highest BCUT2D eigenvalue weighted by Gasteiger charge is 2.04. The highest BCUT2D eigenvalue weighted by Crippen LogP contribution is 2.11. The quantitative estimate of drug-likeness (QED) is 0.0336. The first kappa shape index (κ1) is 41.5. The van der Waals surface area contributed by atoms with Crippen molar-refractivity contribution in [3.05, 3.63) is 0 Å². The number of esters is 2. The van der Waals surface area contributed by atoms with E-state index in [1.807, 2.05) is 0 Å². The van der Waals surface area contributed by atoms with E-state index < -0.39 is 0 Å². The Labute approximate surface area is 272 Å². The molecule has 18 heteroatoms. The van der Waals surface area contributed by atoms with E-state index in [0.717, 1.165) is 46.0 Å². The zero-order valence-electron chi connectivity index (χ0n) is 22.6. The van der Waals surface area contributed by atoms with Crippen molar-refractivity contribution in [2.45, 2.75) is 0 Å². The van der Waals surface area contributed by atoms with E-state index in [4.69, 9.17) is 39.2 Å². The van der Waals surface area contributed by atoms with Gasteiger partial charge in [-0.1, -0.05) is 0 Å². The van der Waals surface area contributed by atoms with Crippen LogP contribution in [-0.2, 0) is 38.6 Å². The zero-order chi connectivity index (χ0) is 29.2. The van der Waals surface area contributed by atoms with Crippen molar-refractivity contribution in [1.82, 2.24) is 0 Å². The number of hydrogen-bond acceptors (Lipinski definition) is 18. The number of aliphatic hydroxyl groups is 2. The van der Waals surface area contributed by atoms with Gasteiger partial charge in [0.05, 0.1) is 43.2 Å². The van der Waals surface area contributed by atoms with Crippen LogP contribution >= 0.6 is 94.1 Å². The molecule has 0 amide bonds. The number of carbonyl (C=O) groups is 2. The summed E-state index contributed by atoms with van der Waals surface area (Å²) in [5, 5.41) is 17.3. The Kier molecular flexibility index (Phi) is 38.1. The fourth-order valence-electron chi connectivity index (χ4n) is 2.04. The smallest absolute Gasteiger partial charge is 0.316 e. The third-order valence-electron chi connectivity index (χ3n) is 3.76. The third kappa shape index (κ3) is 35.7. The second kappa shape index (κ2) is 36.7. The minimum Gasteiger partial charge on any atom is -0.464 e. The molecule has 0 aliphatic rings. The maximum atomic E-state index is 11.8. The van der Waals surface area contributed by atoms with Crippen LogP contribution in [0.3, 0.4) is 0 Å². The number of hydrogen-bond donors (Lipinski definition) is 2.